The lowest BCUT2D eigenvalue weighted by atomic mass is 10.1. The van der Waals surface area contributed by atoms with E-state index in [1.807, 2.05) is 0 Å². The van der Waals surface area contributed by atoms with E-state index in [-0.39, 0.29) is 0 Å². The number of anilines is 1. The number of nitrogens with one attached hydrogen (secondary N) is 3. The van der Waals surface area contributed by atoms with E-state index in [4.69, 9.17) is 12.2 Å². The summed E-state index contributed by atoms with van der Waals surface area (Å²) < 4.78 is 0. The highest BCUT2D eigenvalue weighted by molar-refractivity contribution is 7.80. The molecule has 4 heteroatoms. The largest absolute Gasteiger partial charge is 0.358 e. The molecule has 0 amide bonds. The van der Waals surface area contributed by atoms with Gasteiger partial charge in [-0.3, -0.25) is 0 Å². The van der Waals surface area contributed by atoms with E-state index in [1.165, 1.54) is 54.6 Å². The quantitative estimate of drug-likeness (QED) is 0.707. The van der Waals surface area contributed by atoms with Crippen LogP contribution in [0.5, 0.6) is 0 Å². The van der Waals surface area contributed by atoms with Crippen molar-refractivity contribution in [2.45, 2.75) is 46.2 Å². The lowest BCUT2D eigenvalue weighted by molar-refractivity contribution is -0.918. The van der Waals surface area contributed by atoms with E-state index < -0.39 is 0 Å². The van der Waals surface area contributed by atoms with Gasteiger partial charge in [0.05, 0.1) is 13.1 Å². The Morgan fingerprint density at radius 3 is 2.38 bits per heavy atom. The van der Waals surface area contributed by atoms with Crippen LogP contribution in [0.1, 0.15) is 41.5 Å². The molecular weight excluding hydrogens is 338 g/mol. The average Bonchev–Trinajstić information content (AvgIpc) is 2.66. The molecule has 1 saturated heterocycles. The van der Waals surface area contributed by atoms with E-state index in [0.29, 0.717) is 5.11 Å². The van der Waals surface area contributed by atoms with Crippen LogP contribution in [0.4, 0.5) is 5.69 Å². The molecule has 1 aliphatic rings. The maximum atomic E-state index is 5.45. The first-order valence-electron chi connectivity index (χ1n) is 9.64. The van der Waals surface area contributed by atoms with Gasteiger partial charge in [-0.1, -0.05) is 36.4 Å². The van der Waals surface area contributed by atoms with Crippen molar-refractivity contribution in [3.63, 3.8) is 0 Å². The summed E-state index contributed by atoms with van der Waals surface area (Å²) in [4.78, 5) is 1.72. The summed E-state index contributed by atoms with van der Waals surface area (Å²) in [6.07, 6.45) is 4.16. The number of quaternary nitrogens is 1. The van der Waals surface area contributed by atoms with E-state index in [2.05, 4.69) is 66.9 Å². The minimum Gasteiger partial charge on any atom is -0.358 e. The van der Waals surface area contributed by atoms with Gasteiger partial charge in [-0.15, -0.1) is 0 Å². The van der Waals surface area contributed by atoms with Crippen LogP contribution >= 0.6 is 12.2 Å². The van der Waals surface area contributed by atoms with Crippen LogP contribution in [0, 0.1) is 13.8 Å². The number of rotatable bonds is 5. The highest BCUT2D eigenvalue weighted by Gasteiger charge is 2.13. The number of likely N-dealkylation sites (tertiary alicyclic amines) is 1. The molecule has 0 bridgehead atoms. The first-order valence-corrected chi connectivity index (χ1v) is 10.0. The molecule has 0 aliphatic carbocycles. The van der Waals surface area contributed by atoms with Gasteiger partial charge in [-0.25, -0.2) is 0 Å². The summed E-state index contributed by atoms with van der Waals surface area (Å²) in [7, 11) is 0. The second kappa shape index (κ2) is 9.15. The second-order valence-electron chi connectivity index (χ2n) is 7.36. The SMILES string of the molecule is Cc1cccc(NC(=S)NCc2ccc(C[NH+]3CCCCC3)cc2)c1C. The van der Waals surface area contributed by atoms with Crippen LogP contribution in [-0.2, 0) is 13.1 Å². The van der Waals surface area contributed by atoms with Crippen LogP contribution in [0.25, 0.3) is 0 Å². The predicted octanol–water partition coefficient (Wildman–Crippen LogP) is 3.36. The molecule has 0 radical (unpaired) electrons. The minimum absolute atomic E-state index is 0.667. The molecule has 1 fully saturated rings. The standard InChI is InChI=1S/C22H29N3S/c1-17-7-6-8-21(18(17)2)24-22(26)23-15-19-9-11-20(12-10-19)16-25-13-4-3-5-14-25/h6-12H,3-5,13-16H2,1-2H3,(H2,23,24,26)/p+1. The van der Waals surface area contributed by atoms with Gasteiger partial charge in [0, 0.05) is 17.8 Å². The van der Waals surface area contributed by atoms with Gasteiger partial charge in [-0.2, -0.15) is 0 Å². The monoisotopic (exact) mass is 368 g/mol. The fraction of sp³-hybridized carbons (Fsp3) is 0.409. The zero-order valence-corrected chi connectivity index (χ0v) is 16.7. The van der Waals surface area contributed by atoms with Crippen molar-refractivity contribution in [1.82, 2.24) is 5.32 Å². The zero-order valence-electron chi connectivity index (χ0n) is 15.9. The van der Waals surface area contributed by atoms with Gasteiger partial charge < -0.3 is 15.5 Å². The molecule has 0 atom stereocenters. The molecule has 2 aromatic rings. The Balaban J connectivity index is 1.48. The lowest BCUT2D eigenvalue weighted by Gasteiger charge is -2.23. The van der Waals surface area contributed by atoms with Crippen molar-refractivity contribution < 1.29 is 4.90 Å². The predicted molar refractivity (Wildman–Crippen MR) is 114 cm³/mol. The van der Waals surface area contributed by atoms with Crippen LogP contribution in [0.2, 0.25) is 0 Å². The Morgan fingerprint density at radius 2 is 1.65 bits per heavy atom. The maximum absolute atomic E-state index is 5.45. The van der Waals surface area contributed by atoms with Gasteiger partial charge in [0.1, 0.15) is 6.54 Å². The zero-order chi connectivity index (χ0) is 18.4. The van der Waals surface area contributed by atoms with Crippen molar-refractivity contribution in [3.8, 4) is 0 Å². The van der Waals surface area contributed by atoms with Gasteiger partial charge in [0.2, 0.25) is 0 Å². The number of hydrogen-bond donors (Lipinski definition) is 3. The second-order valence-corrected chi connectivity index (χ2v) is 7.77. The fourth-order valence-electron chi connectivity index (χ4n) is 3.53. The van der Waals surface area contributed by atoms with E-state index >= 15 is 0 Å². The van der Waals surface area contributed by atoms with Crippen molar-refractivity contribution in [2.24, 2.45) is 0 Å². The highest BCUT2D eigenvalue weighted by atomic mass is 32.1. The van der Waals surface area contributed by atoms with Crippen molar-refractivity contribution in [2.75, 3.05) is 18.4 Å². The smallest absolute Gasteiger partial charge is 0.171 e. The Labute approximate surface area is 162 Å². The van der Waals surface area contributed by atoms with E-state index in [1.54, 1.807) is 4.90 Å². The normalized spacial score (nSPS) is 14.8. The minimum atomic E-state index is 0.667. The molecule has 0 spiro atoms. The Bertz CT molecular complexity index is 734. The van der Waals surface area contributed by atoms with E-state index in [0.717, 1.165) is 18.8 Å². The highest BCUT2D eigenvalue weighted by Crippen LogP contribution is 2.17. The van der Waals surface area contributed by atoms with Crippen molar-refractivity contribution >= 4 is 23.0 Å². The topological polar surface area (TPSA) is 28.5 Å². The summed E-state index contributed by atoms with van der Waals surface area (Å²) in [5, 5.41) is 7.28. The van der Waals surface area contributed by atoms with Crippen molar-refractivity contribution in [1.29, 1.82) is 0 Å². The Kier molecular flexibility index (Phi) is 6.64. The van der Waals surface area contributed by atoms with E-state index in [9.17, 15) is 0 Å². The lowest BCUT2D eigenvalue weighted by Crippen LogP contribution is -3.11. The average molecular weight is 369 g/mol. The number of piperidine rings is 1. The van der Waals surface area contributed by atoms with Gasteiger partial charge in [0.15, 0.2) is 5.11 Å². The molecule has 138 valence electrons. The van der Waals surface area contributed by atoms with Crippen LogP contribution in [0.3, 0.4) is 0 Å². The summed E-state index contributed by atoms with van der Waals surface area (Å²) in [6, 6.07) is 15.2. The third-order valence-electron chi connectivity index (χ3n) is 5.34. The van der Waals surface area contributed by atoms with Gasteiger partial charge >= 0.3 is 0 Å². The number of aryl methyl sites for hydroxylation is 1. The molecule has 1 heterocycles. The van der Waals surface area contributed by atoms with Crippen LogP contribution in [-0.4, -0.2) is 18.2 Å². The first kappa shape index (κ1) is 18.9. The van der Waals surface area contributed by atoms with Crippen LogP contribution in [0.15, 0.2) is 42.5 Å². The van der Waals surface area contributed by atoms with Crippen LogP contribution < -0.4 is 15.5 Å². The fourth-order valence-corrected chi connectivity index (χ4v) is 3.71. The molecular formula is C22H30N3S+. The third-order valence-corrected chi connectivity index (χ3v) is 5.59. The molecule has 2 aromatic carbocycles. The number of hydrogen-bond acceptors (Lipinski definition) is 1. The Hall–Kier alpha value is -1.91. The molecule has 3 N–H and O–H groups in total. The summed E-state index contributed by atoms with van der Waals surface area (Å²) >= 11 is 5.45. The molecule has 0 unspecified atom stereocenters. The van der Waals surface area contributed by atoms with Gasteiger partial charge in [-0.05, 0) is 68.1 Å². The number of thiocarbonyl (C=S) groups is 1. The third kappa shape index (κ3) is 5.29. The molecule has 0 aromatic heterocycles. The molecule has 26 heavy (non-hydrogen) atoms. The molecule has 3 rings (SSSR count). The molecule has 1 aliphatic heterocycles. The Morgan fingerprint density at radius 1 is 0.962 bits per heavy atom. The first-order chi connectivity index (χ1) is 12.6. The summed E-state index contributed by atoms with van der Waals surface area (Å²) in [6.45, 7) is 8.77. The van der Waals surface area contributed by atoms with Crippen molar-refractivity contribution in [3.05, 3.63) is 64.7 Å². The summed E-state index contributed by atoms with van der Waals surface area (Å²) in [5.41, 5.74) is 6.27. The van der Waals surface area contributed by atoms with Gasteiger partial charge in [0.25, 0.3) is 0 Å². The molecule has 0 saturated carbocycles. The molecule has 3 nitrogen and oxygen atoms in total. The number of benzene rings is 2. The maximum Gasteiger partial charge on any atom is 0.171 e. The summed E-state index contributed by atoms with van der Waals surface area (Å²) in [5.74, 6) is 0.